The molecule has 0 aromatic heterocycles. The van der Waals surface area contributed by atoms with Crippen LogP contribution in [0.25, 0.3) is 0 Å². The number of benzene rings is 2. The first-order chi connectivity index (χ1) is 10.9. The molecule has 0 aliphatic carbocycles. The van der Waals surface area contributed by atoms with Crippen LogP contribution in [-0.2, 0) is 9.59 Å². The maximum atomic E-state index is 11.8. The van der Waals surface area contributed by atoms with E-state index in [4.69, 9.17) is 28.9 Å². The molecular weight excluding hydrogens is 341 g/mol. The number of nitrogens with two attached hydrogens (primary N) is 1. The predicted octanol–water partition coefficient (Wildman–Crippen LogP) is 2.67. The van der Waals surface area contributed by atoms with E-state index in [2.05, 4.69) is 10.6 Å². The molecule has 0 radical (unpaired) electrons. The van der Waals surface area contributed by atoms with Crippen LogP contribution < -0.4 is 16.4 Å². The highest BCUT2D eigenvalue weighted by atomic mass is 35.5. The second-order valence-electron chi connectivity index (χ2n) is 4.47. The molecule has 0 saturated heterocycles. The van der Waals surface area contributed by atoms with Gasteiger partial charge in [-0.2, -0.15) is 0 Å². The number of anilines is 2. The van der Waals surface area contributed by atoms with Gasteiger partial charge >= 0.3 is 11.8 Å². The summed E-state index contributed by atoms with van der Waals surface area (Å²) in [4.78, 5) is 34.6. The first-order valence-corrected chi connectivity index (χ1v) is 7.09. The third kappa shape index (κ3) is 4.45. The van der Waals surface area contributed by atoms with E-state index in [-0.39, 0.29) is 10.7 Å². The number of hydrogen-bond acceptors (Lipinski definition) is 3. The van der Waals surface area contributed by atoms with Crippen molar-refractivity contribution in [2.24, 2.45) is 5.73 Å². The number of nitrogens with one attached hydrogen (secondary N) is 2. The summed E-state index contributed by atoms with van der Waals surface area (Å²) in [5, 5.41) is 5.38. The summed E-state index contributed by atoms with van der Waals surface area (Å²) in [6, 6.07) is 10.2. The first-order valence-electron chi connectivity index (χ1n) is 6.34. The molecule has 23 heavy (non-hydrogen) atoms. The molecule has 0 aliphatic heterocycles. The zero-order valence-electron chi connectivity index (χ0n) is 11.6. The van der Waals surface area contributed by atoms with Crippen molar-refractivity contribution in [3.63, 3.8) is 0 Å². The van der Waals surface area contributed by atoms with Crippen LogP contribution >= 0.6 is 23.2 Å². The third-order valence-corrected chi connectivity index (χ3v) is 3.36. The Morgan fingerprint density at radius 1 is 0.870 bits per heavy atom. The van der Waals surface area contributed by atoms with E-state index in [1.54, 1.807) is 0 Å². The van der Waals surface area contributed by atoms with Crippen molar-refractivity contribution >= 4 is 52.3 Å². The zero-order chi connectivity index (χ0) is 17.0. The normalized spacial score (nSPS) is 10.0. The number of halogens is 2. The Kier molecular flexibility index (Phi) is 5.20. The molecular formula is C15H11Cl2N3O3. The zero-order valence-corrected chi connectivity index (χ0v) is 13.1. The van der Waals surface area contributed by atoms with Gasteiger partial charge in [-0.15, -0.1) is 0 Å². The maximum absolute atomic E-state index is 11.8. The SMILES string of the molecule is NC(=O)c1ccc(NC(=O)C(=O)Nc2ccc(Cl)cc2Cl)cc1. The van der Waals surface area contributed by atoms with Crippen LogP contribution in [0.1, 0.15) is 10.4 Å². The largest absolute Gasteiger partial charge is 0.366 e. The maximum Gasteiger partial charge on any atom is 0.314 e. The number of carbonyl (C=O) groups excluding carboxylic acids is 3. The number of amides is 3. The second-order valence-corrected chi connectivity index (χ2v) is 5.32. The molecule has 118 valence electrons. The van der Waals surface area contributed by atoms with Gasteiger partial charge in [-0.05, 0) is 42.5 Å². The number of carbonyl (C=O) groups is 3. The van der Waals surface area contributed by atoms with E-state index >= 15 is 0 Å². The van der Waals surface area contributed by atoms with E-state index in [1.165, 1.54) is 42.5 Å². The van der Waals surface area contributed by atoms with Crippen molar-refractivity contribution in [1.82, 2.24) is 0 Å². The van der Waals surface area contributed by atoms with E-state index in [9.17, 15) is 14.4 Å². The smallest absolute Gasteiger partial charge is 0.314 e. The Bertz CT molecular complexity index is 776. The molecule has 3 amide bonds. The van der Waals surface area contributed by atoms with Gasteiger partial charge in [0.2, 0.25) is 5.91 Å². The molecule has 2 aromatic rings. The van der Waals surface area contributed by atoms with E-state index in [1.807, 2.05) is 0 Å². The molecule has 0 spiro atoms. The van der Waals surface area contributed by atoms with Gasteiger partial charge in [0.15, 0.2) is 0 Å². The Hall–Kier alpha value is -2.57. The van der Waals surface area contributed by atoms with Gasteiger partial charge in [-0.3, -0.25) is 14.4 Å². The minimum atomic E-state index is -0.895. The van der Waals surface area contributed by atoms with Crippen LogP contribution in [0.2, 0.25) is 10.0 Å². The standard InChI is InChI=1S/C15H11Cl2N3O3/c16-9-3-6-12(11(17)7-9)20-15(23)14(22)19-10-4-1-8(2-5-10)13(18)21/h1-7H,(H2,18,21)(H,19,22)(H,20,23). The Balaban J connectivity index is 2.02. The van der Waals surface area contributed by atoms with Crippen LogP contribution in [0.3, 0.4) is 0 Å². The molecule has 6 nitrogen and oxygen atoms in total. The monoisotopic (exact) mass is 351 g/mol. The van der Waals surface area contributed by atoms with Gasteiger partial charge in [0.25, 0.3) is 0 Å². The molecule has 0 unspecified atom stereocenters. The Labute approximate surface area is 141 Å². The Morgan fingerprint density at radius 3 is 2.04 bits per heavy atom. The first kappa shape index (κ1) is 16.8. The lowest BCUT2D eigenvalue weighted by Gasteiger charge is -2.08. The van der Waals surface area contributed by atoms with E-state index in [0.29, 0.717) is 16.3 Å². The van der Waals surface area contributed by atoms with Crippen LogP contribution in [-0.4, -0.2) is 17.7 Å². The molecule has 2 aromatic carbocycles. The van der Waals surface area contributed by atoms with Crippen molar-refractivity contribution in [2.75, 3.05) is 10.6 Å². The minimum Gasteiger partial charge on any atom is -0.366 e. The van der Waals surface area contributed by atoms with Crippen molar-refractivity contribution in [2.45, 2.75) is 0 Å². The summed E-state index contributed by atoms with van der Waals surface area (Å²) < 4.78 is 0. The van der Waals surface area contributed by atoms with Gasteiger partial charge < -0.3 is 16.4 Å². The van der Waals surface area contributed by atoms with Gasteiger partial charge in [0.05, 0.1) is 10.7 Å². The van der Waals surface area contributed by atoms with Crippen LogP contribution in [0.15, 0.2) is 42.5 Å². The van der Waals surface area contributed by atoms with Crippen molar-refractivity contribution < 1.29 is 14.4 Å². The fourth-order valence-corrected chi connectivity index (χ4v) is 2.13. The van der Waals surface area contributed by atoms with Gasteiger partial charge in [-0.1, -0.05) is 23.2 Å². The van der Waals surface area contributed by atoms with E-state index in [0.717, 1.165) is 0 Å². The lowest BCUT2D eigenvalue weighted by Crippen LogP contribution is -2.29. The van der Waals surface area contributed by atoms with Crippen LogP contribution in [0.4, 0.5) is 11.4 Å². The molecule has 0 heterocycles. The van der Waals surface area contributed by atoms with Crippen molar-refractivity contribution in [3.8, 4) is 0 Å². The Morgan fingerprint density at radius 2 is 1.48 bits per heavy atom. The average molecular weight is 352 g/mol. The topological polar surface area (TPSA) is 101 Å². The number of rotatable bonds is 3. The minimum absolute atomic E-state index is 0.212. The lowest BCUT2D eigenvalue weighted by atomic mass is 10.2. The fraction of sp³-hybridized carbons (Fsp3) is 0. The molecule has 0 atom stereocenters. The molecule has 4 N–H and O–H groups in total. The quantitative estimate of drug-likeness (QED) is 0.740. The van der Waals surface area contributed by atoms with Gasteiger partial charge in [0, 0.05) is 16.3 Å². The lowest BCUT2D eigenvalue weighted by molar-refractivity contribution is -0.132. The fourth-order valence-electron chi connectivity index (χ4n) is 1.68. The third-order valence-electron chi connectivity index (χ3n) is 2.81. The number of hydrogen-bond donors (Lipinski definition) is 3. The second kappa shape index (κ2) is 7.13. The molecule has 0 saturated carbocycles. The van der Waals surface area contributed by atoms with Crippen LogP contribution in [0.5, 0.6) is 0 Å². The summed E-state index contributed by atoms with van der Waals surface area (Å²) in [6.07, 6.45) is 0. The summed E-state index contributed by atoms with van der Waals surface area (Å²) in [6.45, 7) is 0. The average Bonchev–Trinajstić information content (AvgIpc) is 2.50. The molecule has 8 heteroatoms. The highest BCUT2D eigenvalue weighted by Crippen LogP contribution is 2.25. The van der Waals surface area contributed by atoms with Crippen molar-refractivity contribution in [3.05, 3.63) is 58.1 Å². The van der Waals surface area contributed by atoms with Gasteiger partial charge in [-0.25, -0.2) is 0 Å². The predicted molar refractivity (Wildman–Crippen MR) is 88.7 cm³/mol. The summed E-state index contributed by atoms with van der Waals surface area (Å²) in [7, 11) is 0. The van der Waals surface area contributed by atoms with Crippen molar-refractivity contribution in [1.29, 1.82) is 0 Å². The van der Waals surface area contributed by atoms with Crippen LogP contribution in [0, 0.1) is 0 Å². The highest BCUT2D eigenvalue weighted by molar-refractivity contribution is 6.45. The summed E-state index contributed by atoms with van der Waals surface area (Å²) in [5.74, 6) is -2.37. The number of primary amides is 1. The van der Waals surface area contributed by atoms with Gasteiger partial charge in [0.1, 0.15) is 0 Å². The molecule has 0 fully saturated rings. The summed E-state index contributed by atoms with van der Waals surface area (Å²) >= 11 is 11.7. The molecule has 0 aliphatic rings. The highest BCUT2D eigenvalue weighted by Gasteiger charge is 2.15. The summed E-state index contributed by atoms with van der Waals surface area (Å²) in [5.41, 5.74) is 6.01. The molecule has 2 rings (SSSR count). The molecule has 0 bridgehead atoms. The van der Waals surface area contributed by atoms with E-state index < -0.39 is 17.7 Å².